The highest BCUT2D eigenvalue weighted by molar-refractivity contribution is 5.92. The highest BCUT2D eigenvalue weighted by Crippen LogP contribution is 2.59. The molecule has 1 saturated carbocycles. The molecular weight excluding hydrogens is 324 g/mol. The maximum atomic E-state index is 12.6. The predicted octanol–water partition coefficient (Wildman–Crippen LogP) is 1.55. The van der Waals surface area contributed by atoms with E-state index in [0.717, 1.165) is 24.8 Å². The first kappa shape index (κ1) is 15.9. The number of hydrogen-bond acceptors (Lipinski definition) is 5. The zero-order valence-corrected chi connectivity index (χ0v) is 14.0. The summed E-state index contributed by atoms with van der Waals surface area (Å²) < 4.78 is 6.99. The van der Waals surface area contributed by atoms with Crippen molar-refractivity contribution >= 4 is 11.9 Å². The smallest absolute Gasteiger partial charge is 0.307 e. The minimum atomic E-state index is -0.713. The maximum absolute atomic E-state index is 12.6. The van der Waals surface area contributed by atoms with Gasteiger partial charge < -0.3 is 14.5 Å². The summed E-state index contributed by atoms with van der Waals surface area (Å²) >= 11 is 0. The summed E-state index contributed by atoms with van der Waals surface area (Å²) in [6.45, 7) is 3.53. The van der Waals surface area contributed by atoms with Crippen LogP contribution in [0.15, 0.2) is 23.0 Å². The first-order valence-corrected chi connectivity index (χ1v) is 8.44. The number of aliphatic carboxylic acids is 1. The van der Waals surface area contributed by atoms with Crippen LogP contribution in [0.2, 0.25) is 0 Å². The number of nitrogens with zero attached hydrogens (tertiary/aromatic N) is 4. The molecule has 1 N–H and O–H groups in total. The van der Waals surface area contributed by atoms with Gasteiger partial charge in [-0.3, -0.25) is 14.3 Å². The molecule has 4 rings (SSSR count). The number of amides is 1. The van der Waals surface area contributed by atoms with Crippen LogP contribution in [0.4, 0.5) is 0 Å². The van der Waals surface area contributed by atoms with E-state index in [9.17, 15) is 9.59 Å². The molecule has 1 saturated heterocycles. The molecule has 2 aromatic rings. The molecular formula is C17H20N4O4. The van der Waals surface area contributed by atoms with E-state index in [2.05, 4.69) is 10.3 Å². The normalized spacial score (nSPS) is 21.5. The van der Waals surface area contributed by atoms with E-state index in [1.54, 1.807) is 21.8 Å². The summed E-state index contributed by atoms with van der Waals surface area (Å²) in [6, 6.07) is 1.65. The number of carboxylic acid groups (broad SMARTS) is 1. The number of aryl methyl sites for hydroxylation is 1. The number of rotatable bonds is 4. The van der Waals surface area contributed by atoms with Crippen molar-refractivity contribution in [3.63, 3.8) is 0 Å². The van der Waals surface area contributed by atoms with Crippen LogP contribution in [-0.2, 0) is 11.3 Å². The van der Waals surface area contributed by atoms with Crippen LogP contribution in [0, 0.1) is 18.3 Å². The second-order valence-corrected chi connectivity index (χ2v) is 7.14. The van der Waals surface area contributed by atoms with Crippen LogP contribution in [0.25, 0.3) is 0 Å². The van der Waals surface area contributed by atoms with Crippen molar-refractivity contribution in [3.05, 3.63) is 35.5 Å². The molecule has 132 valence electrons. The van der Waals surface area contributed by atoms with Crippen LogP contribution >= 0.6 is 0 Å². The fraction of sp³-hybridized carbons (Fsp3) is 0.529. The Morgan fingerprint density at radius 1 is 1.40 bits per heavy atom. The molecule has 1 amide bonds. The Kier molecular flexibility index (Phi) is 3.63. The van der Waals surface area contributed by atoms with E-state index in [1.807, 2.05) is 13.1 Å². The number of hydrogen-bond donors (Lipinski definition) is 1. The van der Waals surface area contributed by atoms with E-state index >= 15 is 0 Å². The van der Waals surface area contributed by atoms with Crippen molar-refractivity contribution < 1.29 is 19.2 Å². The molecule has 0 aromatic carbocycles. The molecule has 2 fully saturated rings. The highest BCUT2D eigenvalue weighted by Gasteiger charge is 2.59. The van der Waals surface area contributed by atoms with Gasteiger partial charge in [0.05, 0.1) is 12.1 Å². The Labute approximate surface area is 144 Å². The van der Waals surface area contributed by atoms with Gasteiger partial charge in [0.2, 0.25) is 0 Å². The quantitative estimate of drug-likeness (QED) is 0.903. The van der Waals surface area contributed by atoms with Gasteiger partial charge in [-0.2, -0.15) is 5.10 Å². The predicted molar refractivity (Wildman–Crippen MR) is 85.9 cm³/mol. The van der Waals surface area contributed by atoms with Crippen molar-refractivity contribution in [1.29, 1.82) is 0 Å². The molecule has 1 unspecified atom stereocenters. The fourth-order valence-electron chi connectivity index (χ4n) is 3.77. The topological polar surface area (TPSA) is 101 Å². The highest BCUT2D eigenvalue weighted by atomic mass is 16.5. The van der Waals surface area contributed by atoms with Crippen molar-refractivity contribution in [2.75, 3.05) is 13.1 Å². The Morgan fingerprint density at radius 3 is 2.76 bits per heavy atom. The average Bonchev–Trinajstić information content (AvgIpc) is 2.92. The summed E-state index contributed by atoms with van der Waals surface area (Å²) in [6.07, 6.45) is 5.87. The minimum absolute atomic E-state index is 0.0877. The van der Waals surface area contributed by atoms with Gasteiger partial charge in [0.1, 0.15) is 6.54 Å². The third kappa shape index (κ3) is 2.92. The van der Waals surface area contributed by atoms with E-state index in [-0.39, 0.29) is 17.2 Å². The van der Waals surface area contributed by atoms with Gasteiger partial charge in [-0.15, -0.1) is 0 Å². The molecule has 2 aromatic heterocycles. The molecule has 0 radical (unpaired) electrons. The van der Waals surface area contributed by atoms with Gasteiger partial charge in [0.25, 0.3) is 5.91 Å². The molecule has 8 nitrogen and oxygen atoms in total. The summed E-state index contributed by atoms with van der Waals surface area (Å²) in [5, 5.41) is 17.2. The number of aromatic nitrogens is 3. The zero-order chi connectivity index (χ0) is 17.6. The number of likely N-dealkylation sites (tertiary alicyclic amines) is 1. The summed E-state index contributed by atoms with van der Waals surface area (Å²) in [5.41, 5.74) is 1.26. The molecule has 8 heteroatoms. The average molecular weight is 344 g/mol. The van der Waals surface area contributed by atoms with E-state index < -0.39 is 5.97 Å². The van der Waals surface area contributed by atoms with Gasteiger partial charge in [-0.1, -0.05) is 5.16 Å². The molecule has 1 aliphatic carbocycles. The number of carbonyl (C=O) groups is 2. The monoisotopic (exact) mass is 344 g/mol. The van der Waals surface area contributed by atoms with Gasteiger partial charge in [0.15, 0.2) is 11.5 Å². The molecule has 1 aliphatic heterocycles. The summed E-state index contributed by atoms with van der Waals surface area (Å²) in [5.74, 6) is -0.530. The van der Waals surface area contributed by atoms with Crippen molar-refractivity contribution in [2.45, 2.75) is 32.7 Å². The first-order valence-electron chi connectivity index (χ1n) is 8.44. The lowest BCUT2D eigenvalue weighted by molar-refractivity contribution is -0.139. The van der Waals surface area contributed by atoms with Gasteiger partial charge in [-0.05, 0) is 37.2 Å². The van der Waals surface area contributed by atoms with Crippen LogP contribution in [-0.4, -0.2) is 49.9 Å². The van der Waals surface area contributed by atoms with E-state index in [4.69, 9.17) is 9.63 Å². The van der Waals surface area contributed by atoms with Gasteiger partial charge in [-0.25, -0.2) is 0 Å². The lowest BCUT2D eigenvalue weighted by Crippen LogP contribution is -2.40. The first-order chi connectivity index (χ1) is 12.0. The SMILES string of the molecule is Cc1cnn(Cc2cc(C(=O)N3CCC4(CC3)CC4C(=O)O)no2)c1. The van der Waals surface area contributed by atoms with Crippen LogP contribution < -0.4 is 0 Å². The zero-order valence-electron chi connectivity index (χ0n) is 14.0. The number of carboxylic acids is 1. The number of piperidine rings is 1. The Morgan fingerprint density at radius 2 is 2.16 bits per heavy atom. The fourth-order valence-corrected chi connectivity index (χ4v) is 3.77. The molecule has 2 aliphatic rings. The van der Waals surface area contributed by atoms with Crippen molar-refractivity contribution in [3.8, 4) is 0 Å². The molecule has 1 spiro atoms. The van der Waals surface area contributed by atoms with Crippen LogP contribution in [0.1, 0.15) is 41.1 Å². The van der Waals surface area contributed by atoms with Gasteiger partial charge in [0, 0.05) is 25.4 Å². The second-order valence-electron chi connectivity index (χ2n) is 7.14. The Hall–Kier alpha value is -2.64. The Bertz CT molecular complexity index is 816. The standard InChI is InChI=1S/C17H20N4O4/c1-11-8-18-21(9-11)10-12-6-14(19-25-12)15(22)20-4-2-17(3-5-20)7-13(17)16(23)24/h6,8-9,13H,2-5,7,10H2,1H3,(H,23,24). The lowest BCUT2D eigenvalue weighted by Gasteiger charge is -2.32. The van der Waals surface area contributed by atoms with Crippen LogP contribution in [0.3, 0.4) is 0 Å². The summed E-state index contributed by atoms with van der Waals surface area (Å²) in [7, 11) is 0. The molecule has 25 heavy (non-hydrogen) atoms. The molecule has 3 heterocycles. The van der Waals surface area contributed by atoms with Crippen LogP contribution in [0.5, 0.6) is 0 Å². The third-order valence-electron chi connectivity index (χ3n) is 5.39. The van der Waals surface area contributed by atoms with Gasteiger partial charge >= 0.3 is 5.97 Å². The molecule has 0 bridgehead atoms. The second kappa shape index (κ2) is 5.72. The number of carbonyl (C=O) groups excluding carboxylic acids is 1. The minimum Gasteiger partial charge on any atom is -0.481 e. The third-order valence-corrected chi connectivity index (χ3v) is 5.39. The lowest BCUT2D eigenvalue weighted by atomic mass is 9.90. The molecule has 1 atom stereocenters. The van der Waals surface area contributed by atoms with Crippen molar-refractivity contribution in [2.24, 2.45) is 11.3 Å². The van der Waals surface area contributed by atoms with E-state index in [1.165, 1.54) is 0 Å². The Balaban J connectivity index is 1.37. The van der Waals surface area contributed by atoms with Crippen molar-refractivity contribution in [1.82, 2.24) is 19.8 Å². The maximum Gasteiger partial charge on any atom is 0.307 e. The largest absolute Gasteiger partial charge is 0.481 e. The summed E-state index contributed by atoms with van der Waals surface area (Å²) in [4.78, 5) is 25.4. The van der Waals surface area contributed by atoms with E-state index in [0.29, 0.717) is 31.1 Å².